The number of aryl methyl sites for hydroxylation is 4. The van der Waals surface area contributed by atoms with Crippen molar-refractivity contribution in [2.45, 2.75) is 53.1 Å². The number of hydrogen-bond acceptors (Lipinski definition) is 4. The molecule has 134 valence electrons. The molecule has 0 N–H and O–H groups in total. The largest absolute Gasteiger partial charge is 0.331 e. The molecule has 26 heavy (non-hydrogen) atoms. The molecule has 2 heterocycles. The van der Waals surface area contributed by atoms with Gasteiger partial charge in [-0.3, -0.25) is 4.79 Å². The number of hydrogen-bond donors (Lipinski definition) is 0. The Morgan fingerprint density at radius 3 is 2.46 bits per heavy atom. The van der Waals surface area contributed by atoms with Gasteiger partial charge in [-0.05, 0) is 51.7 Å². The van der Waals surface area contributed by atoms with Crippen molar-refractivity contribution in [3.05, 3.63) is 57.4 Å². The predicted molar refractivity (Wildman–Crippen MR) is 106 cm³/mol. The van der Waals surface area contributed by atoms with Gasteiger partial charge in [-0.1, -0.05) is 29.8 Å². The summed E-state index contributed by atoms with van der Waals surface area (Å²) in [4.78, 5) is 26.2. The highest BCUT2D eigenvalue weighted by molar-refractivity contribution is 7.20. The summed E-state index contributed by atoms with van der Waals surface area (Å²) in [7, 11) is 0. The van der Waals surface area contributed by atoms with E-state index < -0.39 is 0 Å². The molecular weight excluding hydrogens is 342 g/mol. The Morgan fingerprint density at radius 1 is 1.12 bits per heavy atom. The molecule has 0 saturated heterocycles. The maximum absolute atomic E-state index is 13.4. The van der Waals surface area contributed by atoms with Gasteiger partial charge < -0.3 is 4.90 Å². The van der Waals surface area contributed by atoms with Gasteiger partial charge in [0.25, 0.3) is 5.91 Å². The number of carbonyl (C=O) groups is 1. The summed E-state index contributed by atoms with van der Waals surface area (Å²) in [5.74, 6) is 0.889. The van der Waals surface area contributed by atoms with Crippen molar-refractivity contribution >= 4 is 27.5 Å². The molecule has 0 aliphatic heterocycles. The average molecular weight is 366 g/mol. The first-order valence-corrected chi connectivity index (χ1v) is 9.86. The Bertz CT molecular complexity index is 987. The molecule has 3 aromatic rings. The number of fused-ring (bicyclic) bond motifs is 1. The summed E-state index contributed by atoms with van der Waals surface area (Å²) in [6.45, 7) is 8.67. The van der Waals surface area contributed by atoms with E-state index in [4.69, 9.17) is 0 Å². The number of benzene rings is 1. The van der Waals surface area contributed by atoms with Crippen LogP contribution in [0.4, 0.5) is 0 Å². The first-order valence-electron chi connectivity index (χ1n) is 9.05. The number of nitrogens with zero attached hydrogens (tertiary/aromatic N) is 3. The van der Waals surface area contributed by atoms with Gasteiger partial charge in [0.05, 0.1) is 4.88 Å². The third-order valence-electron chi connectivity index (χ3n) is 5.00. The van der Waals surface area contributed by atoms with E-state index >= 15 is 0 Å². The summed E-state index contributed by atoms with van der Waals surface area (Å²) in [6.07, 6.45) is 2.19. The highest BCUT2D eigenvalue weighted by atomic mass is 32.1. The minimum atomic E-state index is 0.130. The molecule has 1 aliphatic carbocycles. The van der Waals surface area contributed by atoms with Gasteiger partial charge >= 0.3 is 0 Å². The van der Waals surface area contributed by atoms with Crippen molar-refractivity contribution in [3.63, 3.8) is 0 Å². The third-order valence-corrected chi connectivity index (χ3v) is 6.17. The van der Waals surface area contributed by atoms with E-state index in [1.54, 1.807) is 0 Å². The van der Waals surface area contributed by atoms with Crippen molar-refractivity contribution in [2.24, 2.45) is 0 Å². The van der Waals surface area contributed by atoms with E-state index in [1.165, 1.54) is 22.5 Å². The maximum atomic E-state index is 13.4. The van der Waals surface area contributed by atoms with E-state index in [0.717, 1.165) is 45.0 Å². The van der Waals surface area contributed by atoms with Crippen LogP contribution in [-0.2, 0) is 6.54 Å². The van der Waals surface area contributed by atoms with Crippen LogP contribution in [0.2, 0.25) is 0 Å². The Morgan fingerprint density at radius 2 is 1.81 bits per heavy atom. The second kappa shape index (κ2) is 6.47. The Labute approximate surface area is 157 Å². The van der Waals surface area contributed by atoms with E-state index in [2.05, 4.69) is 41.2 Å². The van der Waals surface area contributed by atoms with Gasteiger partial charge in [-0.25, -0.2) is 9.97 Å². The highest BCUT2D eigenvalue weighted by Gasteiger charge is 2.34. The molecule has 4 rings (SSSR count). The molecule has 5 heteroatoms. The summed E-state index contributed by atoms with van der Waals surface area (Å²) >= 11 is 1.50. The molecule has 4 nitrogen and oxygen atoms in total. The minimum absolute atomic E-state index is 0.130. The van der Waals surface area contributed by atoms with Crippen LogP contribution >= 0.6 is 11.3 Å². The molecule has 0 bridgehead atoms. The molecule has 1 amide bonds. The molecule has 2 aromatic heterocycles. The molecular formula is C21H23N3OS. The first-order chi connectivity index (χ1) is 12.4. The summed E-state index contributed by atoms with van der Waals surface area (Å²) < 4.78 is 0. The van der Waals surface area contributed by atoms with Crippen molar-refractivity contribution in [2.75, 3.05) is 0 Å². The molecule has 1 saturated carbocycles. The lowest BCUT2D eigenvalue weighted by molar-refractivity contribution is 0.0734. The second-order valence-corrected chi connectivity index (χ2v) is 8.24. The molecule has 0 atom stereocenters. The molecule has 0 spiro atoms. The fraction of sp³-hybridized carbons (Fsp3) is 0.381. The van der Waals surface area contributed by atoms with Crippen LogP contribution in [0.1, 0.15) is 50.7 Å². The van der Waals surface area contributed by atoms with Gasteiger partial charge in [0.1, 0.15) is 10.7 Å². The van der Waals surface area contributed by atoms with Crippen molar-refractivity contribution in [3.8, 4) is 0 Å². The smallest absolute Gasteiger partial charge is 0.264 e. The van der Waals surface area contributed by atoms with E-state index in [1.807, 2.05) is 25.7 Å². The number of thiophene rings is 1. The van der Waals surface area contributed by atoms with Crippen molar-refractivity contribution in [1.29, 1.82) is 0 Å². The van der Waals surface area contributed by atoms with Crippen molar-refractivity contribution < 1.29 is 4.79 Å². The van der Waals surface area contributed by atoms with Gasteiger partial charge in [0.15, 0.2) is 0 Å². The van der Waals surface area contributed by atoms with Gasteiger partial charge in [0, 0.05) is 23.7 Å². The maximum Gasteiger partial charge on any atom is 0.264 e. The topological polar surface area (TPSA) is 46.1 Å². The molecule has 1 fully saturated rings. The molecule has 0 unspecified atom stereocenters. The van der Waals surface area contributed by atoms with Gasteiger partial charge in [0.2, 0.25) is 0 Å². The predicted octanol–water partition coefficient (Wildman–Crippen LogP) is 4.73. The van der Waals surface area contributed by atoms with Gasteiger partial charge in [-0.15, -0.1) is 11.3 Å². The molecule has 1 aliphatic rings. The average Bonchev–Trinajstić information content (AvgIpc) is 3.37. The lowest BCUT2D eigenvalue weighted by Gasteiger charge is -2.22. The van der Waals surface area contributed by atoms with Crippen LogP contribution in [0.5, 0.6) is 0 Å². The van der Waals surface area contributed by atoms with Crippen LogP contribution in [0.3, 0.4) is 0 Å². The van der Waals surface area contributed by atoms with Crippen LogP contribution in [-0.4, -0.2) is 26.8 Å². The van der Waals surface area contributed by atoms with Crippen LogP contribution in [0.25, 0.3) is 10.2 Å². The van der Waals surface area contributed by atoms with Crippen LogP contribution in [0.15, 0.2) is 24.3 Å². The second-order valence-electron chi connectivity index (χ2n) is 7.24. The lowest BCUT2D eigenvalue weighted by Crippen LogP contribution is -2.32. The standard InChI is InChI=1S/C21H23N3OS/c1-12-5-7-16(8-6-12)11-24(17-9-10-17)21(25)19-13(2)18-14(3)22-15(4)23-20(18)26-19/h5-8,17H,9-11H2,1-4H3. The number of rotatable bonds is 4. The number of amides is 1. The Hall–Kier alpha value is -2.27. The van der Waals surface area contributed by atoms with Crippen LogP contribution < -0.4 is 0 Å². The summed E-state index contributed by atoms with van der Waals surface area (Å²) in [5, 5.41) is 1.04. The molecule has 0 radical (unpaired) electrons. The Kier molecular flexibility index (Phi) is 4.27. The highest BCUT2D eigenvalue weighted by Crippen LogP contribution is 2.35. The normalized spacial score (nSPS) is 14.0. The quantitative estimate of drug-likeness (QED) is 0.671. The third kappa shape index (κ3) is 3.12. The zero-order chi connectivity index (χ0) is 18.4. The minimum Gasteiger partial charge on any atom is -0.331 e. The van der Waals surface area contributed by atoms with Gasteiger partial charge in [-0.2, -0.15) is 0 Å². The monoisotopic (exact) mass is 365 g/mol. The van der Waals surface area contributed by atoms with E-state index in [9.17, 15) is 4.79 Å². The summed E-state index contributed by atoms with van der Waals surface area (Å²) in [6, 6.07) is 8.82. The van der Waals surface area contributed by atoms with Crippen molar-refractivity contribution in [1.82, 2.24) is 14.9 Å². The fourth-order valence-corrected chi connectivity index (χ4v) is 4.68. The zero-order valence-corrected chi connectivity index (χ0v) is 16.5. The first kappa shape index (κ1) is 17.2. The summed E-state index contributed by atoms with van der Waals surface area (Å²) in [5.41, 5.74) is 4.39. The van der Waals surface area contributed by atoms with Crippen LogP contribution in [0, 0.1) is 27.7 Å². The number of aromatic nitrogens is 2. The van der Waals surface area contributed by atoms with E-state index in [-0.39, 0.29) is 5.91 Å². The zero-order valence-electron chi connectivity index (χ0n) is 15.7. The molecule has 1 aromatic carbocycles. The van der Waals surface area contributed by atoms with E-state index in [0.29, 0.717) is 12.6 Å². The Balaban J connectivity index is 1.70. The fourth-order valence-electron chi connectivity index (χ4n) is 3.45. The SMILES string of the molecule is Cc1ccc(CN(C(=O)c2sc3nc(C)nc(C)c3c2C)C2CC2)cc1. The number of carbonyl (C=O) groups excluding carboxylic acids is 1. The lowest BCUT2D eigenvalue weighted by atomic mass is 10.1.